The fourth-order valence-corrected chi connectivity index (χ4v) is 1.73. The molecule has 1 rings (SSSR count). The Morgan fingerprint density at radius 3 is 2.29 bits per heavy atom. The van der Waals surface area contributed by atoms with E-state index >= 15 is 0 Å². The van der Waals surface area contributed by atoms with E-state index in [9.17, 15) is 14.0 Å². The first-order valence-electron chi connectivity index (χ1n) is 6.78. The molecule has 21 heavy (non-hydrogen) atoms. The standard InChI is InChI=1S/C15H22FN3O2/c1-18(2)15(21)11-19(3)10-14(20)17-9-8-12-4-6-13(16)7-5-12/h4-7H,8-11H2,1-3H3,(H,17,20). The molecule has 2 amide bonds. The molecule has 0 bridgehead atoms. The number of carbonyl (C=O) groups is 2. The van der Waals surface area contributed by atoms with Gasteiger partial charge in [-0.2, -0.15) is 0 Å². The maximum Gasteiger partial charge on any atom is 0.236 e. The number of rotatable bonds is 7. The Morgan fingerprint density at radius 2 is 1.71 bits per heavy atom. The SMILES string of the molecule is CN(CC(=O)NCCc1ccc(F)cc1)CC(=O)N(C)C. The largest absolute Gasteiger partial charge is 0.355 e. The van der Waals surface area contributed by atoms with Gasteiger partial charge in [0.1, 0.15) is 5.82 Å². The minimum absolute atomic E-state index is 0.0448. The number of likely N-dealkylation sites (N-methyl/N-ethyl adjacent to an activating group) is 2. The van der Waals surface area contributed by atoms with Crippen molar-refractivity contribution in [1.82, 2.24) is 15.1 Å². The van der Waals surface area contributed by atoms with Crippen LogP contribution in [0.3, 0.4) is 0 Å². The molecule has 0 spiro atoms. The first kappa shape index (κ1) is 17.1. The average molecular weight is 295 g/mol. The summed E-state index contributed by atoms with van der Waals surface area (Å²) in [5.74, 6) is -0.447. The lowest BCUT2D eigenvalue weighted by atomic mass is 10.1. The van der Waals surface area contributed by atoms with E-state index in [0.717, 1.165) is 5.56 Å². The van der Waals surface area contributed by atoms with Crippen LogP contribution < -0.4 is 5.32 Å². The molecular weight excluding hydrogens is 273 g/mol. The van der Waals surface area contributed by atoms with E-state index in [1.807, 2.05) is 0 Å². The zero-order valence-corrected chi connectivity index (χ0v) is 12.7. The highest BCUT2D eigenvalue weighted by Gasteiger charge is 2.11. The zero-order chi connectivity index (χ0) is 15.8. The molecule has 0 aliphatic heterocycles. The summed E-state index contributed by atoms with van der Waals surface area (Å²) in [4.78, 5) is 26.3. The van der Waals surface area contributed by atoms with Gasteiger partial charge in [-0.15, -0.1) is 0 Å². The highest BCUT2D eigenvalue weighted by Crippen LogP contribution is 2.02. The number of amides is 2. The summed E-state index contributed by atoms with van der Waals surface area (Å²) in [6, 6.07) is 6.20. The lowest BCUT2D eigenvalue weighted by Gasteiger charge is -2.18. The summed E-state index contributed by atoms with van der Waals surface area (Å²) in [5.41, 5.74) is 0.966. The molecule has 0 atom stereocenters. The number of nitrogens with zero attached hydrogens (tertiary/aromatic N) is 2. The predicted octanol–water partition coefficient (Wildman–Crippen LogP) is 0.504. The van der Waals surface area contributed by atoms with Gasteiger partial charge in [0, 0.05) is 20.6 Å². The van der Waals surface area contributed by atoms with Crippen molar-refractivity contribution in [1.29, 1.82) is 0 Å². The van der Waals surface area contributed by atoms with Crippen molar-refractivity contribution in [3.63, 3.8) is 0 Å². The Bertz CT molecular complexity index is 474. The molecule has 116 valence electrons. The van der Waals surface area contributed by atoms with Crippen molar-refractivity contribution in [2.75, 3.05) is 40.8 Å². The Morgan fingerprint density at radius 1 is 1.10 bits per heavy atom. The van der Waals surface area contributed by atoms with E-state index < -0.39 is 0 Å². The summed E-state index contributed by atoms with van der Waals surface area (Å²) in [5, 5.41) is 2.78. The van der Waals surface area contributed by atoms with Crippen molar-refractivity contribution in [3.05, 3.63) is 35.6 Å². The Hall–Kier alpha value is -1.95. The molecule has 1 N–H and O–H groups in total. The van der Waals surface area contributed by atoms with E-state index in [2.05, 4.69) is 5.32 Å². The van der Waals surface area contributed by atoms with Gasteiger partial charge >= 0.3 is 0 Å². The molecule has 0 aliphatic carbocycles. The van der Waals surface area contributed by atoms with Gasteiger partial charge in [-0.25, -0.2) is 4.39 Å². The van der Waals surface area contributed by atoms with Gasteiger partial charge in [-0.3, -0.25) is 14.5 Å². The van der Waals surface area contributed by atoms with E-state index in [1.54, 1.807) is 38.2 Å². The molecule has 0 heterocycles. The summed E-state index contributed by atoms with van der Waals surface area (Å²) in [6.07, 6.45) is 0.645. The maximum atomic E-state index is 12.7. The van der Waals surface area contributed by atoms with Crippen LogP contribution in [0.2, 0.25) is 0 Å². The maximum absolute atomic E-state index is 12.7. The summed E-state index contributed by atoms with van der Waals surface area (Å²) in [7, 11) is 5.08. The molecule has 0 fully saturated rings. The van der Waals surface area contributed by atoms with Gasteiger partial charge in [0.15, 0.2) is 0 Å². The number of hydrogen-bond donors (Lipinski definition) is 1. The highest BCUT2D eigenvalue weighted by molar-refractivity contribution is 5.80. The number of carbonyl (C=O) groups excluding carboxylic acids is 2. The monoisotopic (exact) mass is 295 g/mol. The fourth-order valence-electron chi connectivity index (χ4n) is 1.73. The van der Waals surface area contributed by atoms with Crippen LogP contribution in [0.1, 0.15) is 5.56 Å². The molecule has 0 unspecified atom stereocenters. The van der Waals surface area contributed by atoms with Crippen LogP contribution in [0.4, 0.5) is 4.39 Å². The summed E-state index contributed by atoms with van der Waals surface area (Å²) in [6.45, 7) is 0.862. The van der Waals surface area contributed by atoms with Crippen LogP contribution >= 0.6 is 0 Å². The molecular formula is C15H22FN3O2. The molecule has 1 aromatic carbocycles. The second kappa shape index (κ2) is 8.36. The molecule has 0 saturated heterocycles. The van der Waals surface area contributed by atoms with Crippen molar-refractivity contribution in [3.8, 4) is 0 Å². The quantitative estimate of drug-likeness (QED) is 0.797. The second-order valence-electron chi connectivity index (χ2n) is 5.19. The third-order valence-corrected chi connectivity index (χ3v) is 2.97. The third kappa shape index (κ3) is 6.85. The van der Waals surface area contributed by atoms with Crippen molar-refractivity contribution < 1.29 is 14.0 Å². The highest BCUT2D eigenvalue weighted by atomic mass is 19.1. The minimum atomic E-state index is -0.269. The number of hydrogen-bond acceptors (Lipinski definition) is 3. The van der Waals surface area contributed by atoms with Crippen LogP contribution in [0.15, 0.2) is 24.3 Å². The molecule has 5 nitrogen and oxygen atoms in total. The first-order chi connectivity index (χ1) is 9.88. The van der Waals surface area contributed by atoms with Crippen molar-refractivity contribution >= 4 is 11.8 Å². The average Bonchev–Trinajstić information content (AvgIpc) is 2.40. The first-order valence-corrected chi connectivity index (χ1v) is 6.78. The third-order valence-electron chi connectivity index (χ3n) is 2.97. The zero-order valence-electron chi connectivity index (χ0n) is 12.7. The van der Waals surface area contributed by atoms with E-state index in [1.165, 1.54) is 17.0 Å². The number of benzene rings is 1. The smallest absolute Gasteiger partial charge is 0.236 e. The van der Waals surface area contributed by atoms with Gasteiger partial charge in [0.05, 0.1) is 13.1 Å². The van der Waals surface area contributed by atoms with E-state index in [0.29, 0.717) is 13.0 Å². The van der Waals surface area contributed by atoms with Gasteiger partial charge in [0.2, 0.25) is 11.8 Å². The molecule has 1 aromatic rings. The molecule has 0 aromatic heterocycles. The Kier molecular flexibility index (Phi) is 6.81. The van der Waals surface area contributed by atoms with Gasteiger partial charge in [-0.1, -0.05) is 12.1 Å². The molecule has 0 aliphatic rings. The Balaban J connectivity index is 2.24. The lowest BCUT2D eigenvalue weighted by Crippen LogP contribution is -2.40. The lowest BCUT2D eigenvalue weighted by molar-refractivity contribution is -0.130. The summed E-state index contributed by atoms with van der Waals surface area (Å²) < 4.78 is 12.7. The normalized spacial score (nSPS) is 10.5. The second-order valence-corrected chi connectivity index (χ2v) is 5.19. The Labute approximate surface area is 124 Å². The molecule has 6 heteroatoms. The van der Waals surface area contributed by atoms with Crippen LogP contribution in [0.25, 0.3) is 0 Å². The summed E-state index contributed by atoms with van der Waals surface area (Å²) >= 11 is 0. The van der Waals surface area contributed by atoms with Crippen LogP contribution in [-0.4, -0.2) is 62.4 Å². The van der Waals surface area contributed by atoms with Gasteiger partial charge in [-0.05, 0) is 31.2 Å². The van der Waals surface area contributed by atoms with E-state index in [-0.39, 0.29) is 30.7 Å². The molecule has 0 radical (unpaired) electrons. The van der Waals surface area contributed by atoms with Gasteiger partial charge in [0.25, 0.3) is 0 Å². The topological polar surface area (TPSA) is 52.7 Å². The fraction of sp³-hybridized carbons (Fsp3) is 0.467. The van der Waals surface area contributed by atoms with E-state index in [4.69, 9.17) is 0 Å². The predicted molar refractivity (Wildman–Crippen MR) is 79.3 cm³/mol. The minimum Gasteiger partial charge on any atom is -0.355 e. The van der Waals surface area contributed by atoms with Crippen molar-refractivity contribution in [2.45, 2.75) is 6.42 Å². The van der Waals surface area contributed by atoms with Gasteiger partial charge < -0.3 is 10.2 Å². The van der Waals surface area contributed by atoms with Crippen LogP contribution in [-0.2, 0) is 16.0 Å². The van der Waals surface area contributed by atoms with Crippen molar-refractivity contribution in [2.24, 2.45) is 0 Å². The van der Waals surface area contributed by atoms with Crippen LogP contribution in [0, 0.1) is 5.82 Å². The van der Waals surface area contributed by atoms with Crippen LogP contribution in [0.5, 0.6) is 0 Å². The number of halogens is 1. The number of nitrogens with one attached hydrogen (secondary N) is 1. The molecule has 0 saturated carbocycles.